The Labute approximate surface area is 149 Å². The van der Waals surface area contributed by atoms with E-state index in [1.54, 1.807) is 35.1 Å². The third kappa shape index (κ3) is 4.18. The number of para-hydroxylation sites is 1. The Morgan fingerprint density at radius 2 is 1.72 bits per heavy atom. The highest BCUT2D eigenvalue weighted by Gasteiger charge is 2.28. The maximum atomic E-state index is 11.3. The van der Waals surface area contributed by atoms with Crippen molar-refractivity contribution >= 4 is 19.2 Å². The highest BCUT2D eigenvalue weighted by molar-refractivity contribution is 7.52. The van der Waals surface area contributed by atoms with Crippen LogP contribution in [0.2, 0.25) is 5.02 Å². The summed E-state index contributed by atoms with van der Waals surface area (Å²) >= 11 is 5.92. The van der Waals surface area contributed by atoms with Crippen LogP contribution in [0.25, 0.3) is 16.9 Å². The first kappa shape index (κ1) is 17.9. The van der Waals surface area contributed by atoms with Crippen molar-refractivity contribution in [3.8, 4) is 16.9 Å². The van der Waals surface area contributed by atoms with Gasteiger partial charge in [-0.2, -0.15) is 5.10 Å². The van der Waals surface area contributed by atoms with Gasteiger partial charge in [-0.3, -0.25) is 4.57 Å². The van der Waals surface area contributed by atoms with Gasteiger partial charge in [-0.25, -0.2) is 4.68 Å². The average Bonchev–Trinajstić information content (AvgIpc) is 2.99. The third-order valence-electron chi connectivity index (χ3n) is 3.72. The van der Waals surface area contributed by atoms with Crippen molar-refractivity contribution in [3.63, 3.8) is 0 Å². The van der Waals surface area contributed by atoms with Crippen LogP contribution in [-0.4, -0.2) is 30.5 Å². The second kappa shape index (κ2) is 7.12. The summed E-state index contributed by atoms with van der Waals surface area (Å²) < 4.78 is 12.9. The summed E-state index contributed by atoms with van der Waals surface area (Å²) in [6, 6.07) is 16.3. The predicted molar refractivity (Wildman–Crippen MR) is 95.8 cm³/mol. The largest absolute Gasteiger partial charge is 0.380 e. The number of nitrogens with zero attached hydrogens (tertiary/aromatic N) is 2. The molecule has 1 atom stereocenters. The standard InChI is InChI=1S/C17H16ClN2O4P/c18-14-8-6-12(7-9-14)17-13(10-16(21)25(22,23)24)11-20(19-17)15-4-2-1-3-5-15/h1-9,11,16,21H,10H2,(H2,22,23,24). The molecule has 0 bridgehead atoms. The zero-order valence-electron chi connectivity index (χ0n) is 13.0. The second-order valence-electron chi connectivity index (χ2n) is 5.56. The fraction of sp³-hybridized carbons (Fsp3) is 0.118. The molecule has 0 radical (unpaired) electrons. The van der Waals surface area contributed by atoms with E-state index in [1.165, 1.54) is 0 Å². The molecule has 25 heavy (non-hydrogen) atoms. The van der Waals surface area contributed by atoms with Gasteiger partial charge in [-0.15, -0.1) is 0 Å². The Hall–Kier alpha value is -1.95. The lowest BCUT2D eigenvalue weighted by Gasteiger charge is -2.12. The van der Waals surface area contributed by atoms with Gasteiger partial charge in [0, 0.05) is 28.8 Å². The van der Waals surface area contributed by atoms with Crippen molar-refractivity contribution in [1.82, 2.24) is 9.78 Å². The molecule has 0 fully saturated rings. The maximum Gasteiger partial charge on any atom is 0.354 e. The summed E-state index contributed by atoms with van der Waals surface area (Å²) in [6.45, 7) is 0. The van der Waals surface area contributed by atoms with E-state index in [1.807, 2.05) is 30.3 Å². The Bertz CT molecular complexity index is 906. The van der Waals surface area contributed by atoms with E-state index in [0.29, 0.717) is 16.3 Å². The molecular formula is C17H16ClN2O4P. The predicted octanol–water partition coefficient (Wildman–Crippen LogP) is 3.23. The number of hydrogen-bond acceptors (Lipinski definition) is 3. The molecule has 0 amide bonds. The summed E-state index contributed by atoms with van der Waals surface area (Å²) in [5, 5.41) is 14.9. The smallest absolute Gasteiger partial charge is 0.354 e. The molecule has 0 saturated carbocycles. The van der Waals surface area contributed by atoms with Crippen LogP contribution in [0.4, 0.5) is 0 Å². The highest BCUT2D eigenvalue weighted by atomic mass is 35.5. The number of hydrogen-bond donors (Lipinski definition) is 3. The second-order valence-corrected chi connectivity index (χ2v) is 7.77. The average molecular weight is 379 g/mol. The molecule has 3 N–H and O–H groups in total. The van der Waals surface area contributed by atoms with Crippen LogP contribution in [0, 0.1) is 0 Å². The third-order valence-corrected chi connectivity index (χ3v) is 4.93. The number of halogens is 1. The Kier molecular flexibility index (Phi) is 5.08. The molecule has 3 rings (SSSR count). The Balaban J connectivity index is 2.06. The number of rotatable bonds is 5. The zero-order chi connectivity index (χ0) is 18.0. The van der Waals surface area contributed by atoms with Gasteiger partial charge in [0.2, 0.25) is 0 Å². The maximum absolute atomic E-state index is 11.3. The van der Waals surface area contributed by atoms with Gasteiger partial charge in [0.05, 0.1) is 11.4 Å². The lowest BCUT2D eigenvalue weighted by molar-refractivity contribution is 0.202. The lowest BCUT2D eigenvalue weighted by atomic mass is 10.1. The first-order valence-corrected chi connectivity index (χ1v) is 9.54. The van der Waals surface area contributed by atoms with E-state index in [0.717, 1.165) is 11.3 Å². The summed E-state index contributed by atoms with van der Waals surface area (Å²) in [5.74, 6) is -1.79. The van der Waals surface area contributed by atoms with Crippen LogP contribution in [0.1, 0.15) is 5.56 Å². The van der Waals surface area contributed by atoms with Crippen molar-refractivity contribution in [2.45, 2.75) is 12.3 Å². The molecule has 8 heteroatoms. The molecule has 130 valence electrons. The molecule has 0 saturated heterocycles. The number of aliphatic hydroxyl groups is 1. The van der Waals surface area contributed by atoms with Gasteiger partial charge in [-0.1, -0.05) is 41.9 Å². The van der Waals surface area contributed by atoms with Crippen molar-refractivity contribution in [3.05, 3.63) is 71.4 Å². The van der Waals surface area contributed by atoms with Crippen LogP contribution < -0.4 is 0 Å². The van der Waals surface area contributed by atoms with E-state index in [2.05, 4.69) is 5.10 Å². The quantitative estimate of drug-likeness (QED) is 0.592. The monoisotopic (exact) mass is 378 g/mol. The first-order chi connectivity index (χ1) is 11.8. The molecule has 0 aliphatic carbocycles. The van der Waals surface area contributed by atoms with Gasteiger partial charge in [-0.05, 0) is 24.3 Å². The molecule has 1 aromatic heterocycles. The van der Waals surface area contributed by atoms with E-state index >= 15 is 0 Å². The van der Waals surface area contributed by atoms with Gasteiger partial charge < -0.3 is 14.9 Å². The number of aliphatic hydroxyl groups excluding tert-OH is 1. The molecule has 0 spiro atoms. The minimum absolute atomic E-state index is 0.213. The molecule has 0 aliphatic rings. The molecule has 0 aliphatic heterocycles. The number of aromatic nitrogens is 2. The van der Waals surface area contributed by atoms with Crippen LogP contribution >= 0.6 is 19.2 Å². The van der Waals surface area contributed by atoms with Gasteiger partial charge in [0.25, 0.3) is 0 Å². The molecular weight excluding hydrogens is 363 g/mol. The van der Waals surface area contributed by atoms with E-state index < -0.39 is 13.4 Å². The van der Waals surface area contributed by atoms with Gasteiger partial charge in [0.15, 0.2) is 5.85 Å². The molecule has 1 unspecified atom stereocenters. The van der Waals surface area contributed by atoms with Crippen LogP contribution in [0.15, 0.2) is 60.8 Å². The fourth-order valence-electron chi connectivity index (χ4n) is 2.44. The summed E-state index contributed by atoms with van der Waals surface area (Å²) in [6.07, 6.45) is 1.45. The van der Waals surface area contributed by atoms with Crippen LogP contribution in [0.5, 0.6) is 0 Å². The summed E-state index contributed by atoms with van der Waals surface area (Å²) in [4.78, 5) is 18.4. The van der Waals surface area contributed by atoms with Gasteiger partial charge in [0.1, 0.15) is 0 Å². The topological polar surface area (TPSA) is 95.6 Å². The summed E-state index contributed by atoms with van der Waals surface area (Å²) in [5.41, 5.74) is 2.61. The van der Waals surface area contributed by atoms with Gasteiger partial charge >= 0.3 is 7.60 Å². The lowest BCUT2D eigenvalue weighted by Crippen LogP contribution is -2.10. The first-order valence-electron chi connectivity index (χ1n) is 7.48. The van der Waals surface area contributed by atoms with Crippen molar-refractivity contribution in [2.24, 2.45) is 0 Å². The Morgan fingerprint density at radius 1 is 1.08 bits per heavy atom. The van der Waals surface area contributed by atoms with Crippen molar-refractivity contribution < 1.29 is 19.5 Å². The molecule has 2 aromatic carbocycles. The highest BCUT2D eigenvalue weighted by Crippen LogP contribution is 2.42. The molecule has 6 nitrogen and oxygen atoms in total. The minimum atomic E-state index is -4.61. The van der Waals surface area contributed by atoms with Crippen LogP contribution in [-0.2, 0) is 11.0 Å². The van der Waals surface area contributed by atoms with E-state index in [9.17, 15) is 19.5 Å². The van der Waals surface area contributed by atoms with E-state index in [4.69, 9.17) is 11.6 Å². The van der Waals surface area contributed by atoms with Crippen molar-refractivity contribution in [1.29, 1.82) is 0 Å². The van der Waals surface area contributed by atoms with Crippen molar-refractivity contribution in [2.75, 3.05) is 0 Å². The summed E-state index contributed by atoms with van der Waals surface area (Å²) in [7, 11) is -4.61. The fourth-order valence-corrected chi connectivity index (χ4v) is 3.00. The normalized spacial score (nSPS) is 13.0. The Morgan fingerprint density at radius 3 is 2.32 bits per heavy atom. The number of benzene rings is 2. The minimum Gasteiger partial charge on any atom is -0.380 e. The molecule has 1 heterocycles. The van der Waals surface area contributed by atoms with Crippen LogP contribution in [0.3, 0.4) is 0 Å². The zero-order valence-corrected chi connectivity index (χ0v) is 14.7. The molecule has 3 aromatic rings. The SMILES string of the molecule is O=P(O)(O)C(O)Cc1cn(-c2ccccc2)nc1-c1ccc(Cl)cc1. The van der Waals surface area contributed by atoms with E-state index in [-0.39, 0.29) is 6.42 Å².